The highest BCUT2D eigenvalue weighted by Gasteiger charge is 2.20. The molecule has 1 saturated heterocycles. The Morgan fingerprint density at radius 1 is 1.26 bits per heavy atom. The minimum absolute atomic E-state index is 0.00308. The summed E-state index contributed by atoms with van der Waals surface area (Å²) >= 11 is 11.9. The zero-order valence-electron chi connectivity index (χ0n) is 12.0. The van der Waals surface area contributed by atoms with E-state index in [1.54, 1.807) is 4.90 Å². The van der Waals surface area contributed by atoms with Crippen molar-refractivity contribution >= 4 is 46.9 Å². The molecule has 0 saturated carbocycles. The van der Waals surface area contributed by atoms with Crippen LogP contribution in [0.15, 0.2) is 12.1 Å². The second-order valence-electron chi connectivity index (χ2n) is 5.01. The molecule has 8 nitrogen and oxygen atoms in total. The lowest BCUT2D eigenvalue weighted by molar-refractivity contribution is -0.384. The summed E-state index contributed by atoms with van der Waals surface area (Å²) in [6.07, 6.45) is 0.786. The average molecular weight is 361 g/mol. The van der Waals surface area contributed by atoms with Crippen LogP contribution in [0.1, 0.15) is 0 Å². The quantitative estimate of drug-likeness (QED) is 0.488. The van der Waals surface area contributed by atoms with Gasteiger partial charge in [-0.25, -0.2) is 0 Å². The third-order valence-corrected chi connectivity index (χ3v) is 4.02. The molecule has 0 aromatic heterocycles. The Morgan fingerprint density at radius 3 is 2.30 bits per heavy atom. The monoisotopic (exact) mass is 360 g/mol. The summed E-state index contributed by atoms with van der Waals surface area (Å²) in [6.45, 7) is 2.43. The van der Waals surface area contributed by atoms with Crippen molar-refractivity contribution in [3.05, 3.63) is 32.3 Å². The smallest absolute Gasteiger partial charge is 0.272 e. The first-order chi connectivity index (χ1) is 10.9. The predicted molar refractivity (Wildman–Crippen MR) is 85.8 cm³/mol. The normalized spacial score (nSPS) is 15.3. The van der Waals surface area contributed by atoms with Crippen LogP contribution in [0.25, 0.3) is 0 Å². The van der Waals surface area contributed by atoms with Crippen molar-refractivity contribution in [1.82, 2.24) is 9.80 Å². The molecule has 0 aliphatic carbocycles. The molecule has 1 fully saturated rings. The first-order valence-corrected chi connectivity index (χ1v) is 7.51. The van der Waals surface area contributed by atoms with Gasteiger partial charge in [0.25, 0.3) is 5.69 Å². The molecular weight excluding hydrogens is 347 g/mol. The fraction of sp³-hybridized carbons (Fsp3) is 0.385. The number of nitro benzene ring substituents is 1. The number of piperazine rings is 1. The molecule has 0 radical (unpaired) electrons. The zero-order valence-corrected chi connectivity index (χ0v) is 13.5. The largest absolute Gasteiger partial charge is 0.343 e. The third kappa shape index (κ3) is 4.54. The van der Waals surface area contributed by atoms with Gasteiger partial charge in [-0.15, -0.1) is 0 Å². The highest BCUT2D eigenvalue weighted by molar-refractivity contribution is 6.40. The molecule has 1 aliphatic heterocycles. The van der Waals surface area contributed by atoms with Crippen molar-refractivity contribution in [3.63, 3.8) is 0 Å². The number of amides is 2. The van der Waals surface area contributed by atoms with Gasteiger partial charge >= 0.3 is 0 Å². The maximum Gasteiger partial charge on any atom is 0.272 e. The van der Waals surface area contributed by atoms with Crippen LogP contribution in [0.3, 0.4) is 0 Å². The van der Waals surface area contributed by atoms with Crippen LogP contribution in [-0.4, -0.2) is 59.8 Å². The van der Waals surface area contributed by atoms with E-state index in [0.717, 1.165) is 18.5 Å². The number of hydrogen-bond acceptors (Lipinski definition) is 5. The number of rotatable bonds is 5. The topological polar surface area (TPSA) is 95.8 Å². The van der Waals surface area contributed by atoms with Crippen molar-refractivity contribution in [2.75, 3.05) is 38.0 Å². The van der Waals surface area contributed by atoms with Gasteiger partial charge in [-0.05, 0) is 0 Å². The van der Waals surface area contributed by atoms with Crippen molar-refractivity contribution < 1.29 is 14.5 Å². The summed E-state index contributed by atoms with van der Waals surface area (Å²) in [5.41, 5.74) is -0.0987. The third-order valence-electron chi connectivity index (χ3n) is 3.43. The van der Waals surface area contributed by atoms with E-state index in [2.05, 4.69) is 5.32 Å². The number of nitro groups is 1. The van der Waals surface area contributed by atoms with E-state index in [1.165, 1.54) is 0 Å². The van der Waals surface area contributed by atoms with Crippen LogP contribution >= 0.6 is 23.2 Å². The molecule has 2 rings (SSSR count). The lowest BCUT2D eigenvalue weighted by Crippen LogP contribution is -2.48. The minimum atomic E-state index is -0.615. The van der Waals surface area contributed by atoms with E-state index in [0.29, 0.717) is 26.2 Å². The number of hydrogen-bond donors (Lipinski definition) is 1. The van der Waals surface area contributed by atoms with Gasteiger partial charge in [0.15, 0.2) is 0 Å². The molecule has 1 N–H and O–H groups in total. The highest BCUT2D eigenvalue weighted by atomic mass is 35.5. The molecule has 0 spiro atoms. The summed E-state index contributed by atoms with van der Waals surface area (Å²) < 4.78 is 0. The molecule has 2 amide bonds. The summed E-state index contributed by atoms with van der Waals surface area (Å²) in [6, 6.07) is 2.26. The van der Waals surface area contributed by atoms with Gasteiger partial charge in [0.2, 0.25) is 12.3 Å². The Labute approximate surface area is 142 Å². The Kier molecular flexibility index (Phi) is 5.75. The maximum atomic E-state index is 12.1. The molecule has 1 heterocycles. The molecule has 0 bridgehead atoms. The van der Waals surface area contributed by atoms with E-state index in [9.17, 15) is 19.7 Å². The second kappa shape index (κ2) is 7.58. The molecule has 0 unspecified atom stereocenters. The number of non-ortho nitro benzene ring substituents is 1. The van der Waals surface area contributed by atoms with Gasteiger partial charge in [0, 0.05) is 38.3 Å². The molecular formula is C13H14Cl2N4O4. The lowest BCUT2D eigenvalue weighted by atomic mass is 10.2. The van der Waals surface area contributed by atoms with Gasteiger partial charge in [-0.2, -0.15) is 0 Å². The number of carbonyl (C=O) groups excluding carboxylic acids is 2. The SMILES string of the molecule is O=CN1CCN(CC(=O)Nc2c(Cl)cc([N+](=O)[O-])cc2Cl)CC1. The zero-order chi connectivity index (χ0) is 17.0. The van der Waals surface area contributed by atoms with Crippen molar-refractivity contribution in [3.8, 4) is 0 Å². The summed E-state index contributed by atoms with van der Waals surface area (Å²) in [7, 11) is 0. The Balaban J connectivity index is 1.98. The standard InChI is InChI=1S/C13H14Cl2N4O4/c14-10-5-9(19(22)23)6-11(15)13(10)16-12(21)7-17-1-3-18(8-20)4-2-17/h5-6,8H,1-4,7H2,(H,16,21). The van der Waals surface area contributed by atoms with Crippen molar-refractivity contribution in [1.29, 1.82) is 0 Å². The van der Waals surface area contributed by atoms with E-state index >= 15 is 0 Å². The molecule has 1 aromatic carbocycles. The van der Waals surface area contributed by atoms with Crippen LogP contribution in [-0.2, 0) is 9.59 Å². The van der Waals surface area contributed by atoms with Crippen LogP contribution < -0.4 is 5.32 Å². The summed E-state index contributed by atoms with van der Waals surface area (Å²) in [4.78, 5) is 36.3. The van der Waals surface area contributed by atoms with Gasteiger partial charge in [0.1, 0.15) is 0 Å². The number of anilines is 1. The van der Waals surface area contributed by atoms with E-state index in [4.69, 9.17) is 23.2 Å². The molecule has 124 valence electrons. The van der Waals surface area contributed by atoms with E-state index in [-0.39, 0.29) is 33.9 Å². The predicted octanol–water partition coefficient (Wildman–Crippen LogP) is 1.61. The fourth-order valence-electron chi connectivity index (χ4n) is 2.19. The first kappa shape index (κ1) is 17.5. The summed E-state index contributed by atoms with van der Waals surface area (Å²) in [5, 5.41) is 13.3. The molecule has 0 atom stereocenters. The lowest BCUT2D eigenvalue weighted by Gasteiger charge is -2.31. The van der Waals surface area contributed by atoms with Gasteiger partial charge in [-0.1, -0.05) is 23.2 Å². The van der Waals surface area contributed by atoms with E-state index < -0.39 is 4.92 Å². The minimum Gasteiger partial charge on any atom is -0.343 e. The van der Waals surface area contributed by atoms with Crippen LogP contribution in [0, 0.1) is 10.1 Å². The first-order valence-electron chi connectivity index (χ1n) is 6.75. The molecule has 1 aromatic rings. The van der Waals surface area contributed by atoms with Gasteiger partial charge in [-0.3, -0.25) is 24.6 Å². The number of nitrogens with zero attached hydrogens (tertiary/aromatic N) is 3. The summed E-state index contributed by atoms with van der Waals surface area (Å²) in [5.74, 6) is -0.331. The van der Waals surface area contributed by atoms with Crippen molar-refractivity contribution in [2.45, 2.75) is 0 Å². The second-order valence-corrected chi connectivity index (χ2v) is 5.82. The highest BCUT2D eigenvalue weighted by Crippen LogP contribution is 2.34. The Morgan fingerprint density at radius 2 is 1.83 bits per heavy atom. The maximum absolute atomic E-state index is 12.1. The van der Waals surface area contributed by atoms with Crippen LogP contribution in [0.2, 0.25) is 10.0 Å². The molecule has 23 heavy (non-hydrogen) atoms. The number of carbonyl (C=O) groups is 2. The van der Waals surface area contributed by atoms with Crippen molar-refractivity contribution in [2.24, 2.45) is 0 Å². The van der Waals surface area contributed by atoms with Gasteiger partial charge < -0.3 is 10.2 Å². The van der Waals surface area contributed by atoms with Crippen LogP contribution in [0.5, 0.6) is 0 Å². The number of halogens is 2. The molecule has 1 aliphatic rings. The molecule has 10 heteroatoms. The van der Waals surface area contributed by atoms with Crippen LogP contribution in [0.4, 0.5) is 11.4 Å². The Hall–Kier alpha value is -1.90. The average Bonchev–Trinajstić information content (AvgIpc) is 2.51. The van der Waals surface area contributed by atoms with Gasteiger partial charge in [0.05, 0.1) is 27.2 Å². The fourth-order valence-corrected chi connectivity index (χ4v) is 2.76. The number of benzene rings is 1. The Bertz CT molecular complexity index is 609. The van der Waals surface area contributed by atoms with E-state index in [1.807, 2.05) is 4.90 Å². The number of nitrogens with one attached hydrogen (secondary N) is 1.